The molecule has 47 nitrogen and oxygen atoms in total. The summed E-state index contributed by atoms with van der Waals surface area (Å²) in [5, 5.41) is 311. The molecule has 9 aromatic rings. The second kappa shape index (κ2) is 30.4. The minimum atomic E-state index is -3.32. The van der Waals surface area contributed by atoms with Gasteiger partial charge in [0, 0.05) is 33.4 Å². The molecule has 4 aliphatic heterocycles. The first kappa shape index (κ1) is 82.7. The van der Waals surface area contributed by atoms with Gasteiger partial charge in [-0.15, -0.1) is 0 Å². The SMILES string of the molecule is O=C(OCC1OC(OC(=O)c2cc(O)c(O)c(O)c2)C(OC(=O)c2cc(O)c(O)c(O)c2C2c3c(O)c(O)c(O)c4c3C(=O)OC2C(C2OC(=O)c3cc(O)c(O)c(O)c3-c3c(cc(O)c(O)c3O)C(=O)OCC2O)OC(=O)c2cc(O)c(O)c(O)c2-4)C(OC(=O)c2cc(O)c(O)c(O)c2)C1OC(=O)c1cc(O)c(O)c(O)c1)c1cc(O)c(O)c(O)c1. The van der Waals surface area contributed by atoms with Gasteiger partial charge in [-0.3, -0.25) is 0 Å². The number of carbonyl (C=O) groups is 9. The van der Waals surface area contributed by atoms with E-state index >= 15 is 19.2 Å². The Labute approximate surface area is 670 Å². The van der Waals surface area contributed by atoms with Crippen molar-refractivity contribution in [2.45, 2.75) is 61.0 Å². The molecule has 0 spiro atoms. The summed E-state index contributed by atoms with van der Waals surface area (Å²) in [6.07, 6.45) is -27.9. The predicted molar refractivity (Wildman–Crippen MR) is 379 cm³/mol. The lowest BCUT2D eigenvalue weighted by atomic mass is 9.73. The maximum absolute atomic E-state index is 16.3. The topological polar surface area (TPSA) is 812 Å². The van der Waals surface area contributed by atoms with Gasteiger partial charge in [0.25, 0.3) is 0 Å². The quantitative estimate of drug-likeness (QED) is 0.0448. The Morgan fingerprint density at radius 2 is 0.639 bits per heavy atom. The molecule has 0 aliphatic carbocycles. The van der Waals surface area contributed by atoms with Crippen molar-refractivity contribution >= 4 is 53.7 Å². The normalized spacial score (nSPS) is 19.7. The largest absolute Gasteiger partial charge is 0.504 e. The van der Waals surface area contributed by atoms with Crippen LogP contribution >= 0.6 is 0 Å². The number of aliphatic hydroxyl groups is 1. The molecule has 636 valence electrons. The van der Waals surface area contributed by atoms with Crippen LogP contribution in [0.5, 0.6) is 155 Å². The third-order valence-electron chi connectivity index (χ3n) is 19.3. The van der Waals surface area contributed by atoms with Gasteiger partial charge >= 0.3 is 53.7 Å². The summed E-state index contributed by atoms with van der Waals surface area (Å²) in [5.41, 5.74) is -20.6. The van der Waals surface area contributed by atoms with E-state index in [4.69, 9.17) is 47.4 Å². The van der Waals surface area contributed by atoms with Crippen LogP contribution in [0.25, 0.3) is 22.3 Å². The van der Waals surface area contributed by atoms with Gasteiger partial charge in [0.1, 0.15) is 25.4 Å². The number of phenols is 27. The van der Waals surface area contributed by atoms with E-state index in [0.717, 1.165) is 0 Å². The van der Waals surface area contributed by atoms with E-state index in [1.807, 2.05) is 0 Å². The van der Waals surface area contributed by atoms with Crippen molar-refractivity contribution in [1.82, 2.24) is 0 Å². The number of hydrogen-bond acceptors (Lipinski definition) is 47. The molecule has 47 heteroatoms. The summed E-state index contributed by atoms with van der Waals surface area (Å²) < 4.78 is 57.3. The molecule has 9 aromatic carbocycles. The Morgan fingerprint density at radius 1 is 0.303 bits per heavy atom. The van der Waals surface area contributed by atoms with Crippen molar-refractivity contribution < 1.29 is 234 Å². The number of rotatable bonds is 13. The molecule has 4 heterocycles. The number of aliphatic hydroxyl groups excluding tert-OH is 1. The molecule has 122 heavy (non-hydrogen) atoms. The van der Waals surface area contributed by atoms with Crippen molar-refractivity contribution in [2.24, 2.45) is 0 Å². The summed E-state index contributed by atoms with van der Waals surface area (Å²) in [7, 11) is 0. The molecule has 1 saturated heterocycles. The van der Waals surface area contributed by atoms with Crippen molar-refractivity contribution in [2.75, 3.05) is 13.2 Å². The minimum Gasteiger partial charge on any atom is -0.504 e. The van der Waals surface area contributed by atoms with Crippen molar-refractivity contribution in [3.8, 4) is 177 Å². The molecular weight excluding hydrogens is 1650 g/mol. The second-order valence-electron chi connectivity index (χ2n) is 26.7. The highest BCUT2D eigenvalue weighted by Gasteiger charge is 2.59. The molecule has 0 saturated carbocycles. The Bertz CT molecular complexity index is 5990. The van der Waals surface area contributed by atoms with E-state index in [-0.39, 0.29) is 18.2 Å². The highest BCUT2D eigenvalue weighted by molar-refractivity contribution is 6.12. The van der Waals surface area contributed by atoms with Gasteiger partial charge in [0.15, 0.2) is 157 Å². The van der Waals surface area contributed by atoms with Gasteiger partial charge in [-0.05, 0) is 72.8 Å². The standard InChI is InChI=1S/C75H54O47/c76-23-1-15(2-24(77)45(23)89)66(104)114-14-36-61(117-67(105)16-3-25(78)46(90)26(79)4-16)64(119-68(106)17-5-27(80)47(91)28(81)6-17)65(75(115-36)122-69(107)18-7-29(82)48(92)30(83)8-18)121-73(111)22-12-34(87)52(96)56(100)40(22)43-42-44-41(57(101)59(103)58(42)102)39-21(11-33(86)51(95)55(39)99)72(110)120-63(62(43)118-74(44)112)60-35(88)13-113-70(108)19-9-31(84)49(93)53(97)37(19)38-20(71(109)116-60)10-32(85)50(94)54(38)98/h1-12,35-36,43,60-65,75-103H,13-14H2. The fourth-order valence-electron chi connectivity index (χ4n) is 13.6. The zero-order valence-electron chi connectivity index (χ0n) is 59.9. The summed E-state index contributed by atoms with van der Waals surface area (Å²) in [5.74, 6) is -63.4. The average Bonchev–Trinajstić information content (AvgIpc) is 0.730. The zero-order valence-corrected chi connectivity index (χ0v) is 59.9. The molecular formula is C75H54O47. The second-order valence-corrected chi connectivity index (χ2v) is 26.7. The lowest BCUT2D eigenvalue weighted by molar-refractivity contribution is -0.282. The third kappa shape index (κ3) is 13.9. The van der Waals surface area contributed by atoms with E-state index in [2.05, 4.69) is 0 Å². The maximum atomic E-state index is 16.3. The van der Waals surface area contributed by atoms with E-state index in [1.54, 1.807) is 0 Å². The van der Waals surface area contributed by atoms with Gasteiger partial charge < -0.3 is 190 Å². The van der Waals surface area contributed by atoms with Crippen molar-refractivity contribution in [3.63, 3.8) is 0 Å². The number of ether oxygens (including phenoxy) is 10. The lowest BCUT2D eigenvalue weighted by Gasteiger charge is -2.44. The first-order valence-electron chi connectivity index (χ1n) is 33.9. The molecule has 1 fully saturated rings. The number of hydrogen-bond donors (Lipinski definition) is 28. The van der Waals surface area contributed by atoms with Crippen LogP contribution in [-0.4, -0.2) is 265 Å². The summed E-state index contributed by atoms with van der Waals surface area (Å²) in [4.78, 5) is 135. The van der Waals surface area contributed by atoms with Crippen LogP contribution < -0.4 is 0 Å². The number of esters is 9. The smallest absolute Gasteiger partial charge is 0.340 e. The number of fused-ring (bicyclic) bond motifs is 7. The molecule has 10 unspecified atom stereocenters. The van der Waals surface area contributed by atoms with Gasteiger partial charge in [-0.1, -0.05) is 0 Å². The molecule has 0 radical (unpaired) electrons. The van der Waals surface area contributed by atoms with Gasteiger partial charge in [-0.25, -0.2) is 43.2 Å². The molecule has 2 bridgehead atoms. The van der Waals surface area contributed by atoms with Crippen LogP contribution in [0.2, 0.25) is 0 Å². The number of benzene rings is 9. The third-order valence-corrected chi connectivity index (χ3v) is 19.3. The van der Waals surface area contributed by atoms with Crippen LogP contribution in [0.15, 0.2) is 72.8 Å². The van der Waals surface area contributed by atoms with Gasteiger partial charge in [0.2, 0.25) is 41.1 Å². The summed E-state index contributed by atoms with van der Waals surface area (Å²) >= 11 is 0. The minimum absolute atomic E-state index is 0.000366. The van der Waals surface area contributed by atoms with Gasteiger partial charge in [-0.2, -0.15) is 0 Å². The van der Waals surface area contributed by atoms with Crippen LogP contribution in [-0.2, 0) is 47.4 Å². The Morgan fingerprint density at radius 3 is 1.08 bits per heavy atom. The maximum Gasteiger partial charge on any atom is 0.340 e. The van der Waals surface area contributed by atoms with E-state index < -0.39 is 367 Å². The van der Waals surface area contributed by atoms with Crippen LogP contribution in [0.3, 0.4) is 0 Å². The zero-order chi connectivity index (χ0) is 89.2. The molecule has 13 rings (SSSR count). The number of cyclic esters (lactones) is 3. The van der Waals surface area contributed by atoms with Gasteiger partial charge in [0.05, 0.1) is 56.0 Å². The molecule has 0 amide bonds. The molecule has 28 N–H and O–H groups in total. The fourth-order valence-corrected chi connectivity index (χ4v) is 13.6. The molecule has 0 aromatic heterocycles. The molecule has 10 atom stereocenters. The van der Waals surface area contributed by atoms with E-state index in [0.29, 0.717) is 54.6 Å². The number of aromatic hydroxyl groups is 27. The Kier molecular flexibility index (Phi) is 20.6. The van der Waals surface area contributed by atoms with E-state index in [1.165, 1.54) is 0 Å². The summed E-state index contributed by atoms with van der Waals surface area (Å²) in [6.45, 7) is -3.37. The van der Waals surface area contributed by atoms with Crippen LogP contribution in [0.4, 0.5) is 0 Å². The fraction of sp³-hybridized carbons (Fsp3) is 0.160. The highest BCUT2D eigenvalue weighted by atomic mass is 16.8. The Balaban J connectivity index is 1.07. The number of phenolic OH excluding ortho intramolecular Hbond substituents is 27. The number of carbonyl (C=O) groups excluding carboxylic acids is 9. The average molecular weight is 1710 g/mol. The van der Waals surface area contributed by atoms with E-state index in [9.17, 15) is 167 Å². The lowest BCUT2D eigenvalue weighted by Crippen LogP contribution is -2.63. The molecule has 4 aliphatic rings. The predicted octanol–water partition coefficient (Wildman–Crippen LogP) is 2.45. The van der Waals surface area contributed by atoms with Crippen LogP contribution in [0.1, 0.15) is 110 Å². The highest BCUT2D eigenvalue weighted by Crippen LogP contribution is 2.62. The summed E-state index contributed by atoms with van der Waals surface area (Å²) in [6, 6.07) is 3.71. The Hall–Kier alpha value is -17.3. The van der Waals surface area contributed by atoms with Crippen molar-refractivity contribution in [3.05, 3.63) is 134 Å². The first-order chi connectivity index (χ1) is 57.3. The van der Waals surface area contributed by atoms with Crippen molar-refractivity contribution in [1.29, 1.82) is 0 Å². The first-order valence-corrected chi connectivity index (χ1v) is 33.9. The van der Waals surface area contributed by atoms with Crippen LogP contribution in [0, 0.1) is 0 Å². The monoisotopic (exact) mass is 1710 g/mol.